The summed E-state index contributed by atoms with van der Waals surface area (Å²) in [5.74, 6) is 0.943. The van der Waals surface area contributed by atoms with Crippen molar-refractivity contribution in [3.8, 4) is 0 Å². The van der Waals surface area contributed by atoms with E-state index in [0.29, 0.717) is 0 Å². The van der Waals surface area contributed by atoms with Crippen molar-refractivity contribution < 1.29 is 0 Å². The molecule has 2 aliphatic heterocycles. The zero-order valence-electron chi connectivity index (χ0n) is 10.2. The summed E-state index contributed by atoms with van der Waals surface area (Å²) in [7, 11) is 4.32. The Labute approximate surface area is 93.8 Å². The summed E-state index contributed by atoms with van der Waals surface area (Å²) < 4.78 is 0. The number of fused-ring (bicyclic) bond motifs is 1. The van der Waals surface area contributed by atoms with Gasteiger partial charge >= 0.3 is 0 Å². The Kier molecular flexibility index (Phi) is 4.00. The van der Waals surface area contributed by atoms with Crippen LogP contribution in [0.5, 0.6) is 0 Å². The highest BCUT2D eigenvalue weighted by Gasteiger charge is 2.33. The maximum atomic E-state index is 3.66. The van der Waals surface area contributed by atoms with Gasteiger partial charge in [0, 0.05) is 19.1 Å². The van der Waals surface area contributed by atoms with E-state index in [1.54, 1.807) is 0 Å². The molecule has 0 spiro atoms. The Morgan fingerprint density at radius 1 is 1.33 bits per heavy atom. The van der Waals surface area contributed by atoms with Gasteiger partial charge in [0.1, 0.15) is 0 Å². The second kappa shape index (κ2) is 5.28. The fourth-order valence-corrected chi connectivity index (χ4v) is 2.93. The molecule has 2 rings (SSSR count). The van der Waals surface area contributed by atoms with E-state index in [2.05, 4.69) is 29.2 Å². The van der Waals surface area contributed by atoms with Gasteiger partial charge in [-0.2, -0.15) is 0 Å². The molecular weight excluding hydrogens is 186 g/mol. The predicted molar refractivity (Wildman–Crippen MR) is 64.1 cm³/mol. The molecule has 2 atom stereocenters. The van der Waals surface area contributed by atoms with Crippen LogP contribution in [0, 0.1) is 5.92 Å². The quantitative estimate of drug-likeness (QED) is 0.735. The molecule has 2 saturated heterocycles. The zero-order valence-corrected chi connectivity index (χ0v) is 10.2. The molecular formula is C12H25N3. The van der Waals surface area contributed by atoms with E-state index in [4.69, 9.17) is 0 Å². The number of nitrogens with zero attached hydrogens (tertiary/aromatic N) is 2. The van der Waals surface area contributed by atoms with Crippen molar-refractivity contribution in [3.63, 3.8) is 0 Å². The molecule has 0 aromatic heterocycles. The summed E-state index contributed by atoms with van der Waals surface area (Å²) in [5.41, 5.74) is 0. The van der Waals surface area contributed by atoms with Crippen LogP contribution < -0.4 is 5.32 Å². The summed E-state index contributed by atoms with van der Waals surface area (Å²) in [4.78, 5) is 4.93. The first-order valence-electron chi connectivity index (χ1n) is 6.36. The average molecular weight is 211 g/mol. The molecule has 2 heterocycles. The van der Waals surface area contributed by atoms with Crippen molar-refractivity contribution in [2.45, 2.75) is 25.3 Å². The first-order chi connectivity index (χ1) is 7.25. The Morgan fingerprint density at radius 3 is 2.93 bits per heavy atom. The molecule has 1 N–H and O–H groups in total. The van der Waals surface area contributed by atoms with Gasteiger partial charge in [0.25, 0.3) is 0 Å². The van der Waals surface area contributed by atoms with E-state index in [9.17, 15) is 0 Å². The largest absolute Gasteiger partial charge is 0.312 e. The molecule has 3 nitrogen and oxygen atoms in total. The van der Waals surface area contributed by atoms with Gasteiger partial charge in [0.2, 0.25) is 0 Å². The molecule has 0 unspecified atom stereocenters. The monoisotopic (exact) mass is 211 g/mol. The van der Waals surface area contributed by atoms with Crippen LogP contribution in [0.1, 0.15) is 19.3 Å². The fourth-order valence-electron chi connectivity index (χ4n) is 2.93. The lowest BCUT2D eigenvalue weighted by Gasteiger charge is -2.24. The molecule has 0 amide bonds. The zero-order chi connectivity index (χ0) is 10.7. The lowest BCUT2D eigenvalue weighted by Crippen LogP contribution is -2.40. The van der Waals surface area contributed by atoms with Crippen LogP contribution in [0.25, 0.3) is 0 Å². The van der Waals surface area contributed by atoms with E-state index in [-0.39, 0.29) is 0 Å². The molecule has 0 saturated carbocycles. The maximum absolute atomic E-state index is 3.66. The fraction of sp³-hybridized carbons (Fsp3) is 1.00. The van der Waals surface area contributed by atoms with E-state index in [0.717, 1.165) is 12.0 Å². The standard InChI is InChI=1S/C12H25N3/c1-14(2)7-4-8-15-9-11-5-3-6-13-12(11)10-15/h11-13H,3-10H2,1-2H3/t11-,12+/m0/s1. The molecule has 2 aliphatic rings. The summed E-state index contributed by atoms with van der Waals surface area (Å²) in [6, 6.07) is 0.804. The highest BCUT2D eigenvalue weighted by Crippen LogP contribution is 2.24. The third kappa shape index (κ3) is 3.16. The normalized spacial score (nSPS) is 32.2. The van der Waals surface area contributed by atoms with Crippen LogP contribution in [0.15, 0.2) is 0 Å². The van der Waals surface area contributed by atoms with E-state index >= 15 is 0 Å². The number of hydrogen-bond acceptors (Lipinski definition) is 3. The van der Waals surface area contributed by atoms with Crippen LogP contribution in [0.4, 0.5) is 0 Å². The van der Waals surface area contributed by atoms with E-state index < -0.39 is 0 Å². The molecule has 0 aromatic rings. The third-order valence-electron chi connectivity index (χ3n) is 3.75. The topological polar surface area (TPSA) is 18.5 Å². The lowest BCUT2D eigenvalue weighted by atomic mass is 9.94. The molecule has 0 bridgehead atoms. The average Bonchev–Trinajstić information content (AvgIpc) is 2.59. The van der Waals surface area contributed by atoms with Gasteiger partial charge < -0.3 is 15.1 Å². The first kappa shape index (κ1) is 11.4. The smallest absolute Gasteiger partial charge is 0.0235 e. The minimum absolute atomic E-state index is 0.804. The van der Waals surface area contributed by atoms with Gasteiger partial charge in [-0.1, -0.05) is 0 Å². The highest BCUT2D eigenvalue weighted by molar-refractivity contribution is 4.91. The van der Waals surface area contributed by atoms with Gasteiger partial charge in [0.15, 0.2) is 0 Å². The van der Waals surface area contributed by atoms with Crippen LogP contribution in [0.2, 0.25) is 0 Å². The maximum Gasteiger partial charge on any atom is 0.0235 e. The number of hydrogen-bond donors (Lipinski definition) is 1. The summed E-state index contributed by atoms with van der Waals surface area (Å²) in [6.07, 6.45) is 4.14. The Morgan fingerprint density at radius 2 is 2.20 bits per heavy atom. The van der Waals surface area contributed by atoms with Crippen molar-refractivity contribution in [2.24, 2.45) is 5.92 Å². The number of rotatable bonds is 4. The molecule has 2 fully saturated rings. The summed E-state index contributed by atoms with van der Waals surface area (Å²) in [5, 5.41) is 3.66. The van der Waals surface area contributed by atoms with Gasteiger partial charge in [-0.25, -0.2) is 0 Å². The van der Waals surface area contributed by atoms with Gasteiger partial charge in [-0.05, 0) is 58.9 Å². The van der Waals surface area contributed by atoms with E-state index in [1.807, 2.05) is 0 Å². The van der Waals surface area contributed by atoms with Crippen molar-refractivity contribution in [3.05, 3.63) is 0 Å². The first-order valence-corrected chi connectivity index (χ1v) is 6.36. The third-order valence-corrected chi connectivity index (χ3v) is 3.75. The summed E-state index contributed by atoms with van der Waals surface area (Å²) >= 11 is 0. The summed E-state index contributed by atoms with van der Waals surface area (Å²) in [6.45, 7) is 6.38. The van der Waals surface area contributed by atoms with Gasteiger partial charge in [-0.15, -0.1) is 0 Å². The van der Waals surface area contributed by atoms with Crippen LogP contribution in [-0.2, 0) is 0 Å². The molecule has 15 heavy (non-hydrogen) atoms. The number of nitrogens with one attached hydrogen (secondary N) is 1. The van der Waals surface area contributed by atoms with Crippen molar-refractivity contribution in [1.82, 2.24) is 15.1 Å². The van der Waals surface area contributed by atoms with Crippen molar-refractivity contribution in [2.75, 3.05) is 46.8 Å². The van der Waals surface area contributed by atoms with Crippen molar-refractivity contribution in [1.29, 1.82) is 0 Å². The molecule has 0 radical (unpaired) electrons. The van der Waals surface area contributed by atoms with E-state index in [1.165, 1.54) is 52.0 Å². The van der Waals surface area contributed by atoms with Gasteiger partial charge in [0.05, 0.1) is 0 Å². The molecule has 0 aromatic carbocycles. The van der Waals surface area contributed by atoms with Crippen LogP contribution in [0.3, 0.4) is 0 Å². The van der Waals surface area contributed by atoms with Crippen LogP contribution >= 0.6 is 0 Å². The number of piperidine rings is 1. The molecule has 0 aliphatic carbocycles. The Bertz CT molecular complexity index is 179. The second-order valence-corrected chi connectivity index (χ2v) is 5.38. The van der Waals surface area contributed by atoms with Crippen molar-refractivity contribution >= 4 is 0 Å². The Hall–Kier alpha value is -0.120. The SMILES string of the molecule is CN(C)CCCN1C[C@@H]2CCCN[C@@H]2C1. The lowest BCUT2D eigenvalue weighted by molar-refractivity contribution is 0.291. The number of likely N-dealkylation sites (tertiary alicyclic amines) is 1. The second-order valence-electron chi connectivity index (χ2n) is 5.38. The van der Waals surface area contributed by atoms with Crippen LogP contribution in [-0.4, -0.2) is 62.7 Å². The molecule has 88 valence electrons. The minimum atomic E-state index is 0.804. The van der Waals surface area contributed by atoms with Gasteiger partial charge in [-0.3, -0.25) is 0 Å². The Balaban J connectivity index is 1.67. The molecule has 3 heteroatoms. The minimum Gasteiger partial charge on any atom is -0.312 e. The highest BCUT2D eigenvalue weighted by atomic mass is 15.2. The predicted octanol–water partition coefficient (Wildman–Crippen LogP) is 0.622.